The highest BCUT2D eigenvalue weighted by Crippen LogP contribution is 2.30. The fourth-order valence-electron chi connectivity index (χ4n) is 2.53. The molecule has 0 aromatic carbocycles. The third kappa shape index (κ3) is 3.94. The van der Waals surface area contributed by atoms with Gasteiger partial charge in [-0.1, -0.05) is 6.07 Å². The molecule has 1 aromatic rings. The van der Waals surface area contributed by atoms with Crippen LogP contribution < -0.4 is 4.74 Å². The summed E-state index contributed by atoms with van der Waals surface area (Å²) >= 11 is 0. The van der Waals surface area contributed by atoms with Gasteiger partial charge >= 0.3 is 5.97 Å². The fraction of sp³-hybridized carbons (Fsp3) is 0.600. The molecule has 0 atom stereocenters. The molecular weight excluding hydrogens is 242 g/mol. The first-order chi connectivity index (χ1) is 9.19. The second-order valence-corrected chi connectivity index (χ2v) is 5.17. The van der Waals surface area contributed by atoms with E-state index >= 15 is 0 Å². The first-order valence-electron chi connectivity index (χ1n) is 6.84. The lowest BCUT2D eigenvalue weighted by atomic mass is 9.85. The van der Waals surface area contributed by atoms with Gasteiger partial charge in [0.15, 0.2) is 0 Å². The van der Waals surface area contributed by atoms with Crippen LogP contribution in [0.15, 0.2) is 18.3 Å². The number of methoxy groups -OCH3 is 1. The van der Waals surface area contributed by atoms with Crippen LogP contribution in [-0.2, 0) is 9.53 Å². The summed E-state index contributed by atoms with van der Waals surface area (Å²) in [7, 11) is 1.45. The third-order valence-electron chi connectivity index (χ3n) is 3.72. The van der Waals surface area contributed by atoms with Gasteiger partial charge in [0.2, 0.25) is 5.88 Å². The number of aryl methyl sites for hydroxylation is 1. The summed E-state index contributed by atoms with van der Waals surface area (Å²) < 4.78 is 10.6. The molecule has 0 aliphatic heterocycles. The quantitative estimate of drug-likeness (QED) is 0.784. The highest BCUT2D eigenvalue weighted by molar-refractivity contribution is 5.69. The van der Waals surface area contributed by atoms with E-state index in [1.54, 1.807) is 6.20 Å². The zero-order valence-electron chi connectivity index (χ0n) is 11.6. The van der Waals surface area contributed by atoms with Crippen LogP contribution in [0.25, 0.3) is 0 Å². The van der Waals surface area contributed by atoms with E-state index in [4.69, 9.17) is 9.47 Å². The molecule has 1 fully saturated rings. The summed E-state index contributed by atoms with van der Waals surface area (Å²) in [6.07, 6.45) is 6.52. The molecule has 0 amide bonds. The van der Waals surface area contributed by atoms with Crippen molar-refractivity contribution in [3.8, 4) is 5.88 Å². The molecule has 0 saturated heterocycles. The van der Waals surface area contributed by atoms with Crippen molar-refractivity contribution in [2.45, 2.75) is 45.1 Å². The van der Waals surface area contributed by atoms with E-state index in [0.717, 1.165) is 37.1 Å². The molecule has 4 nitrogen and oxygen atoms in total. The Kier molecular flexibility index (Phi) is 4.77. The third-order valence-corrected chi connectivity index (χ3v) is 3.72. The van der Waals surface area contributed by atoms with Crippen molar-refractivity contribution in [1.29, 1.82) is 0 Å². The average Bonchev–Trinajstić information content (AvgIpc) is 2.43. The van der Waals surface area contributed by atoms with Gasteiger partial charge in [0, 0.05) is 18.2 Å². The van der Waals surface area contributed by atoms with E-state index in [1.165, 1.54) is 7.11 Å². The molecule has 0 radical (unpaired) electrons. The Bertz CT molecular complexity index is 425. The summed E-state index contributed by atoms with van der Waals surface area (Å²) in [5.74, 6) is 1.07. The number of nitrogens with zero attached hydrogens (tertiary/aromatic N) is 1. The van der Waals surface area contributed by atoms with Crippen molar-refractivity contribution in [2.75, 3.05) is 7.11 Å². The van der Waals surface area contributed by atoms with Crippen LogP contribution in [-0.4, -0.2) is 24.2 Å². The Balaban J connectivity index is 1.81. The molecule has 0 unspecified atom stereocenters. The number of hydrogen-bond donors (Lipinski definition) is 0. The predicted molar refractivity (Wildman–Crippen MR) is 72.0 cm³/mol. The van der Waals surface area contributed by atoms with E-state index in [1.807, 2.05) is 19.1 Å². The Labute approximate surface area is 114 Å². The van der Waals surface area contributed by atoms with E-state index in [-0.39, 0.29) is 12.1 Å². The first-order valence-corrected chi connectivity index (χ1v) is 6.84. The van der Waals surface area contributed by atoms with E-state index in [0.29, 0.717) is 12.3 Å². The second kappa shape index (κ2) is 6.55. The van der Waals surface area contributed by atoms with Crippen LogP contribution in [0.4, 0.5) is 0 Å². The minimum atomic E-state index is -0.107. The van der Waals surface area contributed by atoms with E-state index < -0.39 is 0 Å². The topological polar surface area (TPSA) is 48.4 Å². The second-order valence-electron chi connectivity index (χ2n) is 5.17. The lowest BCUT2D eigenvalue weighted by Gasteiger charge is -2.28. The lowest BCUT2D eigenvalue weighted by molar-refractivity contribution is -0.142. The van der Waals surface area contributed by atoms with Crippen molar-refractivity contribution in [2.24, 2.45) is 5.92 Å². The number of rotatable bonds is 4. The van der Waals surface area contributed by atoms with Gasteiger partial charge in [-0.2, -0.15) is 0 Å². The van der Waals surface area contributed by atoms with Gasteiger partial charge in [0.1, 0.15) is 6.10 Å². The predicted octanol–water partition coefficient (Wildman–Crippen LogP) is 2.89. The van der Waals surface area contributed by atoms with Gasteiger partial charge in [-0.25, -0.2) is 4.98 Å². The molecule has 2 rings (SSSR count). The normalized spacial score (nSPS) is 22.8. The summed E-state index contributed by atoms with van der Waals surface area (Å²) in [4.78, 5) is 15.5. The van der Waals surface area contributed by atoms with Gasteiger partial charge in [0.05, 0.1) is 7.11 Å². The molecule has 1 aliphatic rings. The number of carbonyl (C=O) groups is 1. The summed E-state index contributed by atoms with van der Waals surface area (Å²) in [5, 5.41) is 0. The van der Waals surface area contributed by atoms with Gasteiger partial charge in [0.25, 0.3) is 0 Å². The molecule has 1 aromatic heterocycles. The van der Waals surface area contributed by atoms with E-state index in [9.17, 15) is 4.79 Å². The van der Waals surface area contributed by atoms with Gasteiger partial charge < -0.3 is 9.47 Å². The van der Waals surface area contributed by atoms with Crippen LogP contribution in [0, 0.1) is 12.8 Å². The molecular formula is C15H21NO3. The highest BCUT2D eigenvalue weighted by Gasteiger charge is 2.24. The van der Waals surface area contributed by atoms with Crippen LogP contribution in [0.1, 0.15) is 37.7 Å². The van der Waals surface area contributed by atoms with Crippen LogP contribution in [0.5, 0.6) is 5.88 Å². The fourth-order valence-corrected chi connectivity index (χ4v) is 2.53. The summed E-state index contributed by atoms with van der Waals surface area (Å²) in [6, 6.07) is 3.92. The average molecular weight is 263 g/mol. The molecule has 0 N–H and O–H groups in total. The summed E-state index contributed by atoms with van der Waals surface area (Å²) in [6.45, 7) is 2.01. The molecule has 1 aliphatic carbocycles. The Morgan fingerprint density at radius 2 is 2.11 bits per heavy atom. The van der Waals surface area contributed by atoms with Crippen molar-refractivity contribution < 1.29 is 14.3 Å². The molecule has 0 spiro atoms. The molecule has 0 bridgehead atoms. The van der Waals surface area contributed by atoms with Gasteiger partial charge in [-0.15, -0.1) is 0 Å². The SMILES string of the molecule is COC(=O)CC1CCC(Oc2ncccc2C)CC1. The van der Waals surface area contributed by atoms with E-state index in [2.05, 4.69) is 4.98 Å². The number of esters is 1. The largest absolute Gasteiger partial charge is 0.474 e. The Morgan fingerprint density at radius 1 is 1.37 bits per heavy atom. The highest BCUT2D eigenvalue weighted by atomic mass is 16.5. The monoisotopic (exact) mass is 263 g/mol. The van der Waals surface area contributed by atoms with Crippen molar-refractivity contribution >= 4 is 5.97 Å². The minimum Gasteiger partial charge on any atom is -0.474 e. The number of hydrogen-bond acceptors (Lipinski definition) is 4. The smallest absolute Gasteiger partial charge is 0.305 e. The number of carbonyl (C=O) groups excluding carboxylic acids is 1. The minimum absolute atomic E-state index is 0.107. The van der Waals surface area contributed by atoms with Crippen LogP contribution >= 0.6 is 0 Å². The molecule has 104 valence electrons. The lowest BCUT2D eigenvalue weighted by Crippen LogP contribution is -2.26. The zero-order valence-corrected chi connectivity index (χ0v) is 11.6. The number of ether oxygens (including phenoxy) is 2. The number of aromatic nitrogens is 1. The van der Waals surface area contributed by atoms with Crippen LogP contribution in [0.3, 0.4) is 0 Å². The summed E-state index contributed by atoms with van der Waals surface area (Å²) in [5.41, 5.74) is 1.07. The van der Waals surface area contributed by atoms with Crippen molar-refractivity contribution in [3.63, 3.8) is 0 Å². The first kappa shape index (κ1) is 13.8. The maximum absolute atomic E-state index is 11.2. The molecule has 19 heavy (non-hydrogen) atoms. The molecule has 4 heteroatoms. The van der Waals surface area contributed by atoms with Crippen LogP contribution in [0.2, 0.25) is 0 Å². The zero-order chi connectivity index (χ0) is 13.7. The van der Waals surface area contributed by atoms with Crippen molar-refractivity contribution in [1.82, 2.24) is 4.98 Å². The van der Waals surface area contributed by atoms with Crippen molar-refractivity contribution in [3.05, 3.63) is 23.9 Å². The maximum Gasteiger partial charge on any atom is 0.305 e. The Morgan fingerprint density at radius 3 is 2.74 bits per heavy atom. The molecule has 1 saturated carbocycles. The Hall–Kier alpha value is -1.58. The van der Waals surface area contributed by atoms with Gasteiger partial charge in [-0.3, -0.25) is 4.79 Å². The number of pyridine rings is 1. The standard InChI is InChI=1S/C15H21NO3/c1-11-4-3-9-16-15(11)19-13-7-5-12(6-8-13)10-14(17)18-2/h3-4,9,12-13H,5-8,10H2,1-2H3. The van der Waals surface area contributed by atoms with Gasteiger partial charge in [-0.05, 0) is 44.6 Å². The maximum atomic E-state index is 11.2. The molecule has 1 heterocycles.